The lowest BCUT2D eigenvalue weighted by molar-refractivity contribution is 0.154. The summed E-state index contributed by atoms with van der Waals surface area (Å²) >= 11 is 1.78. The first-order valence-electron chi connectivity index (χ1n) is 9.44. The number of piperidine rings is 1. The number of nitrogens with zero attached hydrogens (tertiary/aromatic N) is 6. The van der Waals surface area contributed by atoms with Crippen molar-refractivity contribution in [1.29, 1.82) is 0 Å². The Balaban J connectivity index is 1.33. The highest BCUT2D eigenvalue weighted by Gasteiger charge is 2.25. The minimum atomic E-state index is -0.215. The number of rotatable bonds is 4. The molecule has 1 saturated heterocycles. The molecule has 0 unspecified atom stereocenters. The zero-order chi connectivity index (χ0) is 18.9. The molecule has 0 aliphatic carbocycles. The van der Waals surface area contributed by atoms with Gasteiger partial charge in [0.15, 0.2) is 0 Å². The Labute approximate surface area is 165 Å². The second-order valence-corrected chi connectivity index (χ2v) is 8.15. The van der Waals surface area contributed by atoms with E-state index < -0.39 is 0 Å². The molecule has 3 heterocycles. The van der Waals surface area contributed by atoms with Gasteiger partial charge in [0.1, 0.15) is 6.67 Å². The van der Waals surface area contributed by atoms with Gasteiger partial charge in [-0.1, -0.05) is 30.3 Å². The first-order valence-corrected chi connectivity index (χ1v) is 10.3. The van der Waals surface area contributed by atoms with Crippen molar-refractivity contribution in [3.8, 4) is 5.69 Å². The number of fused-ring (bicyclic) bond motifs is 1. The second-order valence-electron chi connectivity index (χ2n) is 7.09. The Morgan fingerprint density at radius 1 is 1.04 bits per heavy atom. The number of likely N-dealkylation sites (tertiary alicyclic amines) is 1. The average Bonchev–Trinajstić information content (AvgIpc) is 3.33. The highest BCUT2D eigenvalue weighted by atomic mass is 32.1. The SMILES string of the molecule is O=c1n(CN2CCC[C@H](c3nc4ccccc4s3)C2)nnn1-c1ccccc1. The normalized spacial score (nSPS) is 17.9. The van der Waals surface area contributed by atoms with Gasteiger partial charge in [-0.15, -0.1) is 11.3 Å². The smallest absolute Gasteiger partial charge is 0.283 e. The van der Waals surface area contributed by atoms with Gasteiger partial charge in [-0.2, -0.15) is 9.36 Å². The van der Waals surface area contributed by atoms with E-state index >= 15 is 0 Å². The summed E-state index contributed by atoms with van der Waals surface area (Å²) in [7, 11) is 0. The van der Waals surface area contributed by atoms with Crippen LogP contribution in [0.25, 0.3) is 15.9 Å². The van der Waals surface area contributed by atoms with Crippen molar-refractivity contribution < 1.29 is 0 Å². The molecule has 0 amide bonds. The molecule has 28 heavy (non-hydrogen) atoms. The molecule has 1 atom stereocenters. The summed E-state index contributed by atoms with van der Waals surface area (Å²) in [4.78, 5) is 19.8. The lowest BCUT2D eigenvalue weighted by Gasteiger charge is -2.30. The van der Waals surface area contributed by atoms with E-state index in [0.717, 1.165) is 37.1 Å². The van der Waals surface area contributed by atoms with E-state index in [2.05, 4.69) is 33.5 Å². The van der Waals surface area contributed by atoms with E-state index in [0.29, 0.717) is 12.6 Å². The molecular formula is C20H20N6OS. The molecule has 1 aliphatic heterocycles. The summed E-state index contributed by atoms with van der Waals surface area (Å²) in [5.74, 6) is 0.394. The van der Waals surface area contributed by atoms with Crippen molar-refractivity contribution in [3.05, 3.63) is 70.1 Å². The second kappa shape index (κ2) is 7.29. The van der Waals surface area contributed by atoms with Crippen molar-refractivity contribution in [2.75, 3.05) is 13.1 Å². The Morgan fingerprint density at radius 3 is 2.71 bits per heavy atom. The number of benzene rings is 2. The fourth-order valence-electron chi connectivity index (χ4n) is 3.73. The standard InChI is InChI=1S/C20H20N6OS/c27-20-25(22-23-26(20)16-8-2-1-3-9-16)14-24-12-6-7-15(13-24)19-21-17-10-4-5-11-18(17)28-19/h1-5,8-11,15H,6-7,12-14H2/t15-/m0/s1. The largest absolute Gasteiger partial charge is 0.369 e. The van der Waals surface area contributed by atoms with Crippen LogP contribution >= 0.6 is 11.3 Å². The Morgan fingerprint density at radius 2 is 1.86 bits per heavy atom. The van der Waals surface area contributed by atoms with Crippen molar-refractivity contribution >= 4 is 21.6 Å². The highest BCUT2D eigenvalue weighted by Crippen LogP contribution is 2.32. The number of aromatic nitrogens is 5. The van der Waals surface area contributed by atoms with Crippen LogP contribution in [0.5, 0.6) is 0 Å². The van der Waals surface area contributed by atoms with E-state index in [1.807, 2.05) is 36.4 Å². The van der Waals surface area contributed by atoms with Gasteiger partial charge in [0.2, 0.25) is 0 Å². The molecule has 2 aromatic carbocycles. The molecule has 5 rings (SSSR count). The van der Waals surface area contributed by atoms with Crippen molar-refractivity contribution in [2.24, 2.45) is 0 Å². The summed E-state index contributed by atoms with van der Waals surface area (Å²) in [6.45, 7) is 2.28. The number of hydrogen-bond acceptors (Lipinski definition) is 6. The summed E-state index contributed by atoms with van der Waals surface area (Å²) < 4.78 is 4.01. The van der Waals surface area contributed by atoms with Gasteiger partial charge in [0.05, 0.1) is 20.9 Å². The van der Waals surface area contributed by atoms with Crippen LogP contribution in [0.3, 0.4) is 0 Å². The van der Waals surface area contributed by atoms with Gasteiger partial charge in [0.25, 0.3) is 0 Å². The van der Waals surface area contributed by atoms with Crippen molar-refractivity contribution in [3.63, 3.8) is 0 Å². The lowest BCUT2D eigenvalue weighted by Crippen LogP contribution is -2.39. The Hall–Kier alpha value is -2.84. The van der Waals surface area contributed by atoms with Crippen LogP contribution in [-0.4, -0.2) is 42.8 Å². The van der Waals surface area contributed by atoms with Gasteiger partial charge in [-0.25, -0.2) is 9.78 Å². The third kappa shape index (κ3) is 3.25. The maximum Gasteiger partial charge on any atom is 0.369 e. The van der Waals surface area contributed by atoms with Crippen LogP contribution < -0.4 is 5.69 Å². The topological polar surface area (TPSA) is 68.8 Å². The van der Waals surface area contributed by atoms with E-state index in [1.165, 1.54) is 19.1 Å². The average molecular weight is 392 g/mol. The quantitative estimate of drug-likeness (QED) is 0.534. The third-order valence-electron chi connectivity index (χ3n) is 5.14. The van der Waals surface area contributed by atoms with E-state index in [-0.39, 0.29) is 5.69 Å². The molecule has 1 fully saturated rings. The minimum absolute atomic E-state index is 0.215. The molecule has 0 radical (unpaired) electrons. The molecule has 142 valence electrons. The van der Waals surface area contributed by atoms with Crippen molar-refractivity contribution in [2.45, 2.75) is 25.4 Å². The van der Waals surface area contributed by atoms with Crippen molar-refractivity contribution in [1.82, 2.24) is 29.7 Å². The van der Waals surface area contributed by atoms with Crippen LogP contribution in [0, 0.1) is 0 Å². The molecule has 7 nitrogen and oxygen atoms in total. The highest BCUT2D eigenvalue weighted by molar-refractivity contribution is 7.18. The fourth-order valence-corrected chi connectivity index (χ4v) is 4.83. The number of hydrogen-bond donors (Lipinski definition) is 0. The van der Waals surface area contributed by atoms with E-state index in [9.17, 15) is 4.79 Å². The van der Waals surface area contributed by atoms with Crippen LogP contribution in [0.15, 0.2) is 59.4 Å². The van der Waals surface area contributed by atoms with Gasteiger partial charge in [-0.05, 0) is 54.1 Å². The van der Waals surface area contributed by atoms with E-state index in [4.69, 9.17) is 4.98 Å². The van der Waals surface area contributed by atoms with Gasteiger partial charge in [-0.3, -0.25) is 4.90 Å². The predicted molar refractivity (Wildman–Crippen MR) is 109 cm³/mol. The minimum Gasteiger partial charge on any atom is -0.283 e. The summed E-state index contributed by atoms with van der Waals surface area (Å²) in [5, 5.41) is 9.31. The molecule has 0 spiro atoms. The summed E-state index contributed by atoms with van der Waals surface area (Å²) in [6.07, 6.45) is 2.21. The van der Waals surface area contributed by atoms with E-state index in [1.54, 1.807) is 11.3 Å². The third-order valence-corrected chi connectivity index (χ3v) is 6.34. The van der Waals surface area contributed by atoms with Crippen LogP contribution in [0.1, 0.15) is 23.8 Å². The molecule has 0 bridgehead atoms. The zero-order valence-electron chi connectivity index (χ0n) is 15.3. The maximum atomic E-state index is 12.7. The van der Waals surface area contributed by atoms with Gasteiger partial charge < -0.3 is 0 Å². The van der Waals surface area contributed by atoms with Gasteiger partial charge >= 0.3 is 5.69 Å². The number of thiazole rings is 1. The van der Waals surface area contributed by atoms with Crippen LogP contribution in [0.4, 0.5) is 0 Å². The monoisotopic (exact) mass is 392 g/mol. The first kappa shape index (κ1) is 17.3. The molecule has 0 N–H and O–H groups in total. The predicted octanol–water partition coefficient (Wildman–Crippen LogP) is 2.88. The maximum absolute atomic E-state index is 12.7. The zero-order valence-corrected chi connectivity index (χ0v) is 16.1. The Kier molecular flexibility index (Phi) is 4.50. The molecule has 2 aromatic heterocycles. The summed E-state index contributed by atoms with van der Waals surface area (Å²) in [5.41, 5.74) is 1.58. The van der Waals surface area contributed by atoms with Crippen LogP contribution in [-0.2, 0) is 6.67 Å². The summed E-state index contributed by atoms with van der Waals surface area (Å²) in [6, 6.07) is 17.7. The fraction of sp³-hybridized carbons (Fsp3) is 0.300. The molecular weight excluding hydrogens is 372 g/mol. The Bertz CT molecular complexity index is 1120. The molecule has 4 aromatic rings. The molecule has 8 heteroatoms. The lowest BCUT2D eigenvalue weighted by atomic mass is 9.99. The van der Waals surface area contributed by atoms with Crippen LogP contribution in [0.2, 0.25) is 0 Å². The molecule has 0 saturated carbocycles. The first-order chi connectivity index (χ1) is 13.8. The number of tetrazole rings is 1. The molecule has 1 aliphatic rings. The number of para-hydroxylation sites is 2. The van der Waals surface area contributed by atoms with Gasteiger partial charge in [0, 0.05) is 12.5 Å².